The summed E-state index contributed by atoms with van der Waals surface area (Å²) in [5.74, 6) is -2.02. The predicted molar refractivity (Wildman–Crippen MR) is 151 cm³/mol. The van der Waals surface area contributed by atoms with Gasteiger partial charge in [-0.2, -0.15) is 26.3 Å². The summed E-state index contributed by atoms with van der Waals surface area (Å²) in [6, 6.07) is 5.93. The van der Waals surface area contributed by atoms with Gasteiger partial charge in [0.25, 0.3) is 0 Å². The number of alkyl halides is 6. The van der Waals surface area contributed by atoms with Gasteiger partial charge in [-0.1, -0.05) is 99.5 Å². The molecule has 0 radical (unpaired) electrons. The number of ether oxygens (including phenoxy) is 1. The molecule has 38 heavy (non-hydrogen) atoms. The van der Waals surface area contributed by atoms with Crippen molar-refractivity contribution in [1.29, 1.82) is 0 Å². The average molecular weight is 703 g/mol. The van der Waals surface area contributed by atoms with E-state index in [-0.39, 0.29) is 37.2 Å². The van der Waals surface area contributed by atoms with E-state index in [4.69, 9.17) is 64.0 Å². The lowest BCUT2D eigenvalue weighted by atomic mass is 9.97. The van der Waals surface area contributed by atoms with Crippen molar-refractivity contribution in [3.63, 3.8) is 0 Å². The van der Waals surface area contributed by atoms with Gasteiger partial charge >= 0.3 is 12.4 Å². The van der Waals surface area contributed by atoms with Gasteiger partial charge in [-0.25, -0.2) is 0 Å². The predicted octanol–water partition coefficient (Wildman–Crippen LogP) is 8.53. The third-order valence-electron chi connectivity index (χ3n) is 4.86. The normalized spacial score (nSPS) is 13.9. The molecule has 0 aliphatic carbocycles. The molecule has 0 aromatic heterocycles. The number of methoxy groups -OCH3 is 1. The molecule has 2 aromatic carbocycles. The van der Waals surface area contributed by atoms with Gasteiger partial charge in [-0.05, 0) is 29.3 Å². The second-order valence-electron chi connectivity index (χ2n) is 7.73. The van der Waals surface area contributed by atoms with Crippen LogP contribution in [0.4, 0.5) is 26.3 Å². The Balaban J connectivity index is 2.24. The van der Waals surface area contributed by atoms with Crippen LogP contribution in [0.25, 0.3) is 6.08 Å². The highest BCUT2D eigenvalue weighted by atomic mass is 79.9. The van der Waals surface area contributed by atoms with Gasteiger partial charge in [-0.15, -0.1) is 0 Å². The van der Waals surface area contributed by atoms with Crippen LogP contribution in [-0.2, 0) is 4.74 Å². The Kier molecular flexibility index (Phi) is 12.1. The van der Waals surface area contributed by atoms with Crippen LogP contribution in [-0.4, -0.2) is 48.6 Å². The zero-order valence-electron chi connectivity index (χ0n) is 19.1. The third kappa shape index (κ3) is 9.79. The smallest absolute Gasteiger partial charge is 0.382 e. The number of nitrogens with one attached hydrogen (secondary N) is 2. The minimum atomic E-state index is -4.64. The number of hydrogen-bond acceptors (Lipinski definition) is 3. The first-order chi connectivity index (χ1) is 17.5. The molecule has 0 bridgehead atoms. The lowest BCUT2D eigenvalue weighted by Gasteiger charge is -2.22. The van der Waals surface area contributed by atoms with Crippen molar-refractivity contribution in [3.8, 4) is 0 Å². The van der Waals surface area contributed by atoms with Crippen LogP contribution in [0.15, 0.2) is 40.9 Å². The molecule has 0 saturated heterocycles. The summed E-state index contributed by atoms with van der Waals surface area (Å²) in [6.07, 6.45) is -6.89. The molecule has 0 fully saturated rings. The van der Waals surface area contributed by atoms with E-state index >= 15 is 0 Å². The van der Waals surface area contributed by atoms with Crippen LogP contribution in [0.3, 0.4) is 0 Å². The quantitative estimate of drug-likeness (QED) is 0.156. The highest BCUT2D eigenvalue weighted by molar-refractivity contribution is 9.10. The summed E-state index contributed by atoms with van der Waals surface area (Å²) in [7, 11) is 1.35. The molecule has 2 rings (SSSR count). The second kappa shape index (κ2) is 14.0. The molecular weight excluding hydrogens is 685 g/mol. The van der Waals surface area contributed by atoms with Crippen molar-refractivity contribution in [3.05, 3.63) is 72.6 Å². The van der Waals surface area contributed by atoms with Gasteiger partial charge in [-0.3, -0.25) is 0 Å². The summed E-state index contributed by atoms with van der Waals surface area (Å²) < 4.78 is 84.4. The SMILES string of the molecule is COCC(NC(=S)c1ccc(/C=C/C(c2cc(Cl)c(Cl)c(Cl)c2)C(F)(F)F)cc1Br)C(=S)NCC(F)(F)F. The molecule has 2 aromatic rings. The Labute approximate surface area is 249 Å². The molecule has 2 atom stereocenters. The number of rotatable bonds is 9. The second-order valence-corrected chi connectivity index (χ2v) is 10.6. The van der Waals surface area contributed by atoms with E-state index in [0.717, 1.165) is 18.2 Å². The molecule has 0 saturated carbocycles. The highest BCUT2D eigenvalue weighted by Crippen LogP contribution is 2.41. The number of halogens is 10. The third-order valence-corrected chi connectivity index (χ3v) is 7.47. The fourth-order valence-corrected chi connectivity index (χ4v) is 4.94. The van der Waals surface area contributed by atoms with Gasteiger partial charge in [0.1, 0.15) is 22.6 Å². The van der Waals surface area contributed by atoms with Crippen LogP contribution in [0, 0.1) is 0 Å². The monoisotopic (exact) mass is 700 g/mol. The van der Waals surface area contributed by atoms with Gasteiger partial charge < -0.3 is 15.4 Å². The topological polar surface area (TPSA) is 33.3 Å². The molecule has 2 unspecified atom stereocenters. The number of hydrogen-bond donors (Lipinski definition) is 2. The lowest BCUT2D eigenvalue weighted by Crippen LogP contribution is -2.49. The maximum absolute atomic E-state index is 13.8. The van der Waals surface area contributed by atoms with Crippen molar-refractivity contribution >= 4 is 91.2 Å². The molecular formula is C23H18BrCl3F6N2OS2. The maximum atomic E-state index is 13.8. The van der Waals surface area contributed by atoms with Gasteiger partial charge in [0.15, 0.2) is 0 Å². The van der Waals surface area contributed by atoms with Gasteiger partial charge in [0.05, 0.1) is 27.6 Å². The average Bonchev–Trinajstić information content (AvgIpc) is 2.79. The first kappa shape index (κ1) is 33.1. The van der Waals surface area contributed by atoms with Crippen LogP contribution < -0.4 is 10.6 Å². The molecule has 0 heterocycles. The van der Waals surface area contributed by atoms with Gasteiger partial charge in [0.2, 0.25) is 0 Å². The molecule has 208 valence electrons. The van der Waals surface area contributed by atoms with E-state index < -0.39 is 30.9 Å². The van der Waals surface area contributed by atoms with Gasteiger partial charge in [0, 0.05) is 17.1 Å². The summed E-state index contributed by atoms with van der Waals surface area (Å²) in [5, 5.41) is 4.70. The summed E-state index contributed by atoms with van der Waals surface area (Å²) in [6.45, 7) is -1.39. The van der Waals surface area contributed by atoms with E-state index in [1.807, 2.05) is 0 Å². The van der Waals surface area contributed by atoms with Crippen molar-refractivity contribution in [1.82, 2.24) is 10.6 Å². The molecule has 0 aliphatic heterocycles. The van der Waals surface area contributed by atoms with Crippen molar-refractivity contribution in [2.45, 2.75) is 24.3 Å². The molecule has 15 heteroatoms. The summed E-state index contributed by atoms with van der Waals surface area (Å²) in [4.78, 5) is -0.0213. The number of thiocarbonyl (C=S) groups is 2. The molecule has 0 aliphatic rings. The Morgan fingerprint density at radius 2 is 1.66 bits per heavy atom. The van der Waals surface area contributed by atoms with E-state index in [0.29, 0.717) is 15.6 Å². The minimum absolute atomic E-state index is 0.0456. The molecule has 3 nitrogen and oxygen atoms in total. The van der Waals surface area contributed by atoms with Crippen LogP contribution in [0.1, 0.15) is 22.6 Å². The Hall–Kier alpha value is -1.15. The Bertz CT molecular complexity index is 1190. The van der Waals surface area contributed by atoms with Crippen molar-refractivity contribution in [2.75, 3.05) is 20.3 Å². The van der Waals surface area contributed by atoms with Crippen molar-refractivity contribution in [2.24, 2.45) is 0 Å². The maximum Gasteiger partial charge on any atom is 0.405 e. The van der Waals surface area contributed by atoms with E-state index in [9.17, 15) is 26.3 Å². The first-order valence-electron chi connectivity index (χ1n) is 10.4. The molecule has 2 N–H and O–H groups in total. The molecule has 0 amide bonds. The standard InChI is InChI=1S/C23H18BrCl3F6N2OS2/c1-36-9-18(21(38)34-10-22(28,29)30)35-20(37)13-4-2-11(6-15(13)24)3-5-14(23(31,32)33)12-7-16(25)19(27)17(26)8-12/h2-8,14,18H,9-10H2,1H3,(H,34,38)(H,35,37)/b5-3+. The Morgan fingerprint density at radius 3 is 2.16 bits per heavy atom. The number of benzene rings is 2. The van der Waals surface area contributed by atoms with Crippen LogP contribution >= 0.6 is 75.2 Å². The van der Waals surface area contributed by atoms with E-state index in [1.54, 1.807) is 0 Å². The van der Waals surface area contributed by atoms with E-state index in [2.05, 4.69) is 26.6 Å². The zero-order chi connectivity index (χ0) is 28.8. The summed E-state index contributed by atoms with van der Waals surface area (Å²) in [5.41, 5.74) is 0.647. The van der Waals surface area contributed by atoms with Crippen molar-refractivity contribution < 1.29 is 31.1 Å². The highest BCUT2D eigenvalue weighted by Gasteiger charge is 2.39. The minimum Gasteiger partial charge on any atom is -0.382 e. The Morgan fingerprint density at radius 1 is 1.05 bits per heavy atom. The lowest BCUT2D eigenvalue weighted by molar-refractivity contribution is -0.139. The fraction of sp³-hybridized carbons (Fsp3) is 0.304. The molecule has 0 spiro atoms. The van der Waals surface area contributed by atoms with Crippen LogP contribution in [0.5, 0.6) is 0 Å². The first-order valence-corrected chi connectivity index (χ1v) is 13.1. The van der Waals surface area contributed by atoms with Crippen LogP contribution in [0.2, 0.25) is 15.1 Å². The fourth-order valence-electron chi connectivity index (χ4n) is 3.09. The largest absolute Gasteiger partial charge is 0.405 e. The van der Waals surface area contributed by atoms with E-state index in [1.165, 1.54) is 31.4 Å². The zero-order valence-corrected chi connectivity index (χ0v) is 24.6. The number of allylic oxidation sites excluding steroid dienone is 1. The summed E-state index contributed by atoms with van der Waals surface area (Å²) >= 11 is 31.4.